The number of rotatable bonds is 10. The number of thiazole rings is 1. The number of hydrogen-bond acceptors (Lipinski definition) is 8. The number of nitrogens with one attached hydrogen (secondary N) is 2. The third kappa shape index (κ3) is 5.92. The number of hydrogen-bond donors (Lipinski definition) is 2. The second-order valence-electron chi connectivity index (χ2n) is 13.4. The largest absolute Gasteiger partial charge is 0.378 e. The van der Waals surface area contributed by atoms with Crippen molar-refractivity contribution in [2.45, 2.75) is 76.5 Å². The monoisotopic (exact) mass is 587 g/mol. The first-order valence-corrected chi connectivity index (χ1v) is 16.3. The summed E-state index contributed by atoms with van der Waals surface area (Å²) in [6.45, 7) is 6.64. The summed E-state index contributed by atoms with van der Waals surface area (Å²) in [5.41, 5.74) is 1.36. The van der Waals surface area contributed by atoms with Gasteiger partial charge in [0.1, 0.15) is 10.9 Å². The third-order valence-electron chi connectivity index (χ3n) is 10.5. The zero-order chi connectivity index (χ0) is 28.6. The van der Waals surface area contributed by atoms with Gasteiger partial charge in [-0.25, -0.2) is 0 Å². The standard InChI is InChI=1S/C30H45N5O5S/c1-20(39-17-29-9-7-22(8-10-29)40-18-29)25(27(37)31-2)33-26(36)23-13-35(28(38)24-11-32-19-41-24)16-30(23)14-34(15-30)12-21-5-3-4-6-21/h11,19-23,25H,3-10,12-18H2,1-2H3,(H,31,37)(H,33,36)/t20-,22?,23?,25+,29?/m1/s1. The molecule has 2 bridgehead atoms. The molecular weight excluding hydrogens is 542 g/mol. The normalized spacial score (nSPS) is 30.7. The van der Waals surface area contributed by atoms with Gasteiger partial charge in [-0.1, -0.05) is 12.8 Å². The second-order valence-corrected chi connectivity index (χ2v) is 14.3. The molecular formula is C30H45N5O5S. The molecule has 1 spiro atoms. The Kier molecular flexibility index (Phi) is 8.42. The fourth-order valence-electron chi connectivity index (χ4n) is 8.02. The maximum Gasteiger partial charge on any atom is 0.265 e. The molecule has 3 amide bonds. The average molecular weight is 588 g/mol. The van der Waals surface area contributed by atoms with E-state index in [2.05, 4.69) is 20.5 Å². The van der Waals surface area contributed by atoms with E-state index in [-0.39, 0.29) is 34.5 Å². The predicted molar refractivity (Wildman–Crippen MR) is 154 cm³/mol. The highest BCUT2D eigenvalue weighted by Gasteiger charge is 2.58. The first-order valence-electron chi connectivity index (χ1n) is 15.5. The number of fused-ring (bicyclic) bond motifs is 3. The van der Waals surface area contributed by atoms with Gasteiger partial charge in [-0.05, 0) is 51.4 Å². The van der Waals surface area contributed by atoms with Gasteiger partial charge in [0, 0.05) is 50.6 Å². The molecule has 1 aromatic rings. The van der Waals surface area contributed by atoms with Crippen LogP contribution < -0.4 is 10.6 Å². The lowest BCUT2D eigenvalue weighted by Gasteiger charge is -2.51. The van der Waals surface area contributed by atoms with Crippen molar-refractivity contribution in [2.24, 2.45) is 22.7 Å². The van der Waals surface area contributed by atoms with E-state index in [9.17, 15) is 14.4 Å². The number of likely N-dealkylation sites (N-methyl/N-ethyl adjacent to an activating group) is 1. The highest BCUT2D eigenvalue weighted by Crippen LogP contribution is 2.46. The van der Waals surface area contributed by atoms with Crippen LogP contribution in [0.15, 0.2) is 11.7 Å². The van der Waals surface area contributed by atoms with Gasteiger partial charge in [-0.15, -0.1) is 11.3 Å². The van der Waals surface area contributed by atoms with Crippen molar-refractivity contribution in [1.29, 1.82) is 0 Å². The zero-order valence-electron chi connectivity index (χ0n) is 24.4. The third-order valence-corrected chi connectivity index (χ3v) is 11.3. The van der Waals surface area contributed by atoms with E-state index in [1.54, 1.807) is 18.8 Å². The molecule has 6 fully saturated rings. The molecule has 2 saturated carbocycles. The minimum Gasteiger partial charge on any atom is -0.378 e. The van der Waals surface area contributed by atoms with Gasteiger partial charge in [-0.3, -0.25) is 19.4 Å². The molecule has 11 heteroatoms. The maximum atomic E-state index is 14.0. The quantitative estimate of drug-likeness (QED) is 0.432. The summed E-state index contributed by atoms with van der Waals surface area (Å²) in [7, 11) is 1.59. The molecule has 1 aromatic heterocycles. The Balaban J connectivity index is 1.13. The highest BCUT2D eigenvalue weighted by atomic mass is 32.1. The van der Waals surface area contributed by atoms with Crippen molar-refractivity contribution >= 4 is 29.1 Å². The number of ether oxygens (including phenoxy) is 2. The van der Waals surface area contributed by atoms with Crippen LogP contribution in [-0.4, -0.2) is 104 Å². The molecule has 5 heterocycles. The fourth-order valence-corrected chi connectivity index (χ4v) is 8.61. The molecule has 3 atom stereocenters. The lowest BCUT2D eigenvalue weighted by Crippen LogP contribution is -2.64. The number of nitrogens with zero attached hydrogens (tertiary/aromatic N) is 3. The van der Waals surface area contributed by atoms with Crippen molar-refractivity contribution in [1.82, 2.24) is 25.4 Å². The molecule has 41 heavy (non-hydrogen) atoms. The summed E-state index contributed by atoms with van der Waals surface area (Å²) in [4.78, 5) is 49.3. The van der Waals surface area contributed by atoms with Gasteiger partial charge in [0.05, 0.1) is 43.0 Å². The van der Waals surface area contributed by atoms with E-state index in [4.69, 9.17) is 9.47 Å². The van der Waals surface area contributed by atoms with Crippen molar-refractivity contribution in [3.8, 4) is 0 Å². The predicted octanol–water partition coefficient (Wildman–Crippen LogP) is 2.30. The minimum absolute atomic E-state index is 0.00197. The molecule has 6 aliphatic rings. The van der Waals surface area contributed by atoms with Gasteiger partial charge in [0.25, 0.3) is 5.91 Å². The van der Waals surface area contributed by atoms with Gasteiger partial charge in [0.2, 0.25) is 11.8 Å². The highest BCUT2D eigenvalue weighted by molar-refractivity contribution is 7.11. The minimum atomic E-state index is -0.817. The van der Waals surface area contributed by atoms with E-state index in [1.807, 2.05) is 11.8 Å². The molecule has 1 unspecified atom stereocenters. The van der Waals surface area contributed by atoms with E-state index in [0.29, 0.717) is 37.3 Å². The van der Waals surface area contributed by atoms with Crippen molar-refractivity contribution in [3.05, 3.63) is 16.6 Å². The summed E-state index contributed by atoms with van der Waals surface area (Å²) < 4.78 is 12.3. The number of aromatic nitrogens is 1. The van der Waals surface area contributed by atoms with Crippen LogP contribution in [-0.2, 0) is 19.1 Å². The first kappa shape index (κ1) is 29.0. The number of amides is 3. The zero-order valence-corrected chi connectivity index (χ0v) is 25.3. The van der Waals surface area contributed by atoms with Crippen LogP contribution in [0.25, 0.3) is 0 Å². The number of carbonyl (C=O) groups excluding carboxylic acids is 3. The summed E-state index contributed by atoms with van der Waals surface area (Å²) in [5, 5.41) is 5.79. The van der Waals surface area contributed by atoms with Crippen molar-refractivity contribution < 1.29 is 23.9 Å². The average Bonchev–Trinajstić information content (AvgIpc) is 3.76. The topological polar surface area (TPSA) is 113 Å². The Morgan fingerprint density at radius 3 is 2.56 bits per heavy atom. The first-order chi connectivity index (χ1) is 19.8. The van der Waals surface area contributed by atoms with E-state index in [1.165, 1.54) is 37.0 Å². The second kappa shape index (κ2) is 11.9. The summed E-state index contributed by atoms with van der Waals surface area (Å²) in [5.74, 6) is -0.170. The molecule has 2 aliphatic carbocycles. The Bertz CT molecular complexity index is 1080. The number of likely N-dealkylation sites (tertiary alicyclic amines) is 2. The van der Waals surface area contributed by atoms with Crippen LogP contribution in [0.1, 0.15) is 68.0 Å². The Labute approximate surface area is 246 Å². The summed E-state index contributed by atoms with van der Waals surface area (Å²) >= 11 is 1.33. The SMILES string of the molecule is CNC(=O)[C@@H](NC(=O)C1CN(C(=O)c2cncs2)CC12CN(CC1CCCC1)C2)[C@@H](C)OCC12CCC(CC1)OC2. The van der Waals surface area contributed by atoms with Gasteiger partial charge in [0.15, 0.2) is 0 Å². The van der Waals surface area contributed by atoms with Crippen LogP contribution in [0, 0.1) is 22.7 Å². The molecule has 2 N–H and O–H groups in total. The molecule has 10 nitrogen and oxygen atoms in total. The number of carbonyl (C=O) groups is 3. The van der Waals surface area contributed by atoms with Crippen LogP contribution in [0.3, 0.4) is 0 Å². The molecule has 226 valence electrons. The van der Waals surface area contributed by atoms with Crippen LogP contribution in [0.4, 0.5) is 0 Å². The maximum absolute atomic E-state index is 14.0. The van der Waals surface area contributed by atoms with Gasteiger partial charge >= 0.3 is 0 Å². The lowest BCUT2D eigenvalue weighted by molar-refractivity contribution is -0.155. The summed E-state index contributed by atoms with van der Waals surface area (Å²) in [6.07, 6.45) is 10.9. The molecule has 7 rings (SSSR count). The van der Waals surface area contributed by atoms with Crippen LogP contribution >= 0.6 is 11.3 Å². The lowest BCUT2D eigenvalue weighted by atomic mass is 9.70. The van der Waals surface area contributed by atoms with Gasteiger partial charge < -0.3 is 29.9 Å². The van der Waals surface area contributed by atoms with E-state index < -0.39 is 12.1 Å². The van der Waals surface area contributed by atoms with Crippen LogP contribution in [0.2, 0.25) is 0 Å². The smallest absolute Gasteiger partial charge is 0.265 e. The molecule has 0 aromatic carbocycles. The molecule has 4 saturated heterocycles. The molecule has 4 aliphatic heterocycles. The van der Waals surface area contributed by atoms with Crippen LogP contribution in [0.5, 0.6) is 0 Å². The molecule has 0 radical (unpaired) electrons. The Hall–Kier alpha value is -2.08. The fraction of sp³-hybridized carbons (Fsp3) is 0.800. The van der Waals surface area contributed by atoms with Crippen molar-refractivity contribution in [2.75, 3.05) is 53.0 Å². The van der Waals surface area contributed by atoms with E-state index in [0.717, 1.165) is 51.2 Å². The Morgan fingerprint density at radius 2 is 1.93 bits per heavy atom. The Morgan fingerprint density at radius 1 is 1.17 bits per heavy atom. The summed E-state index contributed by atoms with van der Waals surface area (Å²) in [6, 6.07) is -0.817. The van der Waals surface area contributed by atoms with Crippen molar-refractivity contribution in [3.63, 3.8) is 0 Å². The van der Waals surface area contributed by atoms with E-state index >= 15 is 0 Å². The van der Waals surface area contributed by atoms with Gasteiger partial charge in [-0.2, -0.15) is 0 Å².